The smallest absolute Gasteiger partial charge is 0.335 e. The van der Waals surface area contributed by atoms with Crippen LogP contribution in [0.5, 0.6) is 0 Å². The van der Waals surface area contributed by atoms with Gasteiger partial charge in [0.25, 0.3) is 0 Å². The van der Waals surface area contributed by atoms with Crippen molar-refractivity contribution in [3.8, 4) is 11.8 Å². The summed E-state index contributed by atoms with van der Waals surface area (Å²) in [6, 6.07) is 0. The topological polar surface area (TPSA) is 93.1 Å². The fraction of sp³-hybridized carbons (Fsp3) is 0.684. The second-order valence-corrected chi connectivity index (χ2v) is 11.6. The Morgan fingerprint density at radius 1 is 1.07 bits per heavy atom. The van der Waals surface area contributed by atoms with Gasteiger partial charge in [0.05, 0.1) is 6.10 Å². The lowest BCUT2D eigenvalue weighted by Gasteiger charge is -2.20. The largest absolute Gasteiger partial charge is 0.359 e. The molecule has 0 radical (unpaired) electrons. The van der Waals surface area contributed by atoms with Gasteiger partial charge in [-0.2, -0.15) is 0 Å². The van der Waals surface area contributed by atoms with Crippen LogP contribution in [0, 0.1) is 11.8 Å². The molecule has 156 valence electrons. The Labute approximate surface area is 164 Å². The summed E-state index contributed by atoms with van der Waals surface area (Å²) in [7, 11) is -8.01. The van der Waals surface area contributed by atoms with E-state index in [4.69, 9.17) is 19.0 Å². The van der Waals surface area contributed by atoms with Gasteiger partial charge >= 0.3 is 7.60 Å². The van der Waals surface area contributed by atoms with Gasteiger partial charge in [0, 0.05) is 6.42 Å². The number of ether oxygens (including phenoxy) is 1. The Morgan fingerprint density at radius 2 is 1.74 bits per heavy atom. The molecule has 0 aromatic rings. The van der Waals surface area contributed by atoms with Crippen LogP contribution in [0.25, 0.3) is 0 Å². The molecule has 0 saturated carbocycles. The lowest BCUT2D eigenvalue weighted by molar-refractivity contribution is 0.178. The molecular weight excluding hydrogens is 386 g/mol. The van der Waals surface area contributed by atoms with E-state index in [0.29, 0.717) is 6.42 Å². The van der Waals surface area contributed by atoms with Gasteiger partial charge in [0.15, 0.2) is 0 Å². The summed E-state index contributed by atoms with van der Waals surface area (Å²) in [5.74, 6) is 4.98. The molecule has 1 unspecified atom stereocenters. The maximum atomic E-state index is 12.5. The Morgan fingerprint density at radius 3 is 2.30 bits per heavy atom. The first-order valence-electron chi connectivity index (χ1n) is 9.07. The van der Waals surface area contributed by atoms with Crippen LogP contribution >= 0.6 is 15.0 Å². The molecule has 0 aromatic carbocycles. The quantitative estimate of drug-likeness (QED) is 0.193. The van der Waals surface area contributed by atoms with E-state index >= 15 is 0 Å². The van der Waals surface area contributed by atoms with Gasteiger partial charge < -0.3 is 19.0 Å². The number of unbranched alkanes of at least 4 members (excludes halogenated alkanes) is 1. The first-order valence-corrected chi connectivity index (χ1v) is 12.9. The van der Waals surface area contributed by atoms with Crippen molar-refractivity contribution in [2.75, 3.05) is 18.9 Å². The van der Waals surface area contributed by atoms with Crippen LogP contribution in [0.4, 0.5) is 0 Å². The van der Waals surface area contributed by atoms with Gasteiger partial charge in [-0.05, 0) is 53.9 Å². The van der Waals surface area contributed by atoms with Crippen molar-refractivity contribution in [1.82, 2.24) is 0 Å². The second kappa shape index (κ2) is 13.5. The molecule has 0 heterocycles. The minimum absolute atomic E-state index is 0.0515. The average Bonchev–Trinajstić information content (AvgIpc) is 2.46. The van der Waals surface area contributed by atoms with Crippen LogP contribution in [0.3, 0.4) is 0 Å². The predicted octanol–water partition coefficient (Wildman–Crippen LogP) is 5.28. The molecule has 0 rings (SSSR count). The van der Waals surface area contributed by atoms with Gasteiger partial charge in [-0.3, -0.25) is 9.13 Å². The van der Waals surface area contributed by atoms with Gasteiger partial charge in [0.2, 0.25) is 7.37 Å². The highest BCUT2D eigenvalue weighted by atomic mass is 31.2. The molecule has 0 aliphatic carbocycles. The monoisotopic (exact) mass is 420 g/mol. The van der Waals surface area contributed by atoms with Gasteiger partial charge in [-0.1, -0.05) is 29.2 Å². The molecule has 0 bridgehead atoms. The van der Waals surface area contributed by atoms with Gasteiger partial charge in [-0.25, -0.2) is 0 Å². The highest BCUT2D eigenvalue weighted by molar-refractivity contribution is 7.73. The van der Waals surface area contributed by atoms with Crippen molar-refractivity contribution in [1.29, 1.82) is 0 Å². The maximum Gasteiger partial charge on any atom is 0.335 e. The summed E-state index contributed by atoms with van der Waals surface area (Å²) in [6.45, 7) is 9.66. The summed E-state index contributed by atoms with van der Waals surface area (Å²) in [6.07, 6.45) is 7.30. The Balaban J connectivity index is 4.24. The van der Waals surface area contributed by atoms with Crippen molar-refractivity contribution in [3.05, 3.63) is 23.3 Å². The summed E-state index contributed by atoms with van der Waals surface area (Å²) < 4.78 is 34.1. The third kappa shape index (κ3) is 17.2. The van der Waals surface area contributed by atoms with E-state index in [9.17, 15) is 9.13 Å². The summed E-state index contributed by atoms with van der Waals surface area (Å²) in [5.41, 5.74) is 2.67. The van der Waals surface area contributed by atoms with Crippen LogP contribution in [-0.4, -0.2) is 34.7 Å². The zero-order chi connectivity index (χ0) is 20.9. The van der Waals surface area contributed by atoms with Crippen LogP contribution < -0.4 is 0 Å². The standard InChI is InChI=1S/C19H34O6P2/c1-17(2)11-10-13-19(5)12-8-6-7-9-14-24-15-26(20,25-18(3)4)16-27(21,22)23/h11-12,18H,6,8,10,13-16H2,1-5H3,(H2,21,22,23)/b19-12+. The van der Waals surface area contributed by atoms with E-state index in [1.807, 2.05) is 0 Å². The highest BCUT2D eigenvalue weighted by Gasteiger charge is 2.33. The van der Waals surface area contributed by atoms with Gasteiger partial charge in [-0.15, -0.1) is 5.92 Å². The SMILES string of the molecule is CC(C)=CCC/C(C)=C/CCC#CCOCP(=O)(CP(=O)(O)O)OC(C)C. The molecule has 0 fully saturated rings. The molecule has 8 heteroatoms. The molecule has 0 saturated heterocycles. The molecule has 6 nitrogen and oxygen atoms in total. The summed E-state index contributed by atoms with van der Waals surface area (Å²) in [5, 5.41) is 0. The van der Waals surface area contributed by atoms with E-state index in [2.05, 4.69) is 44.8 Å². The van der Waals surface area contributed by atoms with E-state index in [-0.39, 0.29) is 13.0 Å². The summed E-state index contributed by atoms with van der Waals surface area (Å²) in [4.78, 5) is 18.1. The molecule has 1 atom stereocenters. The van der Waals surface area contributed by atoms with E-state index < -0.39 is 27.0 Å². The second-order valence-electron chi connectivity index (χ2n) is 7.02. The fourth-order valence-corrected chi connectivity index (χ4v) is 6.26. The van der Waals surface area contributed by atoms with Crippen LogP contribution in [0.1, 0.15) is 60.3 Å². The van der Waals surface area contributed by atoms with Crippen molar-refractivity contribution < 1.29 is 28.2 Å². The first kappa shape index (κ1) is 26.3. The van der Waals surface area contributed by atoms with Crippen LogP contribution in [-0.2, 0) is 18.4 Å². The molecule has 0 aliphatic rings. The molecule has 0 amide bonds. The molecular formula is C19H34O6P2. The number of hydrogen-bond donors (Lipinski definition) is 2. The minimum atomic E-state index is -4.45. The van der Waals surface area contributed by atoms with E-state index in [1.165, 1.54) is 11.1 Å². The van der Waals surface area contributed by atoms with Crippen molar-refractivity contribution in [3.63, 3.8) is 0 Å². The lowest BCUT2D eigenvalue weighted by atomic mass is 10.1. The Hall–Kier alpha value is -0.660. The summed E-state index contributed by atoms with van der Waals surface area (Å²) >= 11 is 0. The zero-order valence-electron chi connectivity index (χ0n) is 17.1. The Bertz CT molecular complexity index is 645. The van der Waals surface area contributed by atoms with E-state index in [0.717, 1.165) is 19.3 Å². The fourth-order valence-electron chi connectivity index (χ4n) is 2.23. The van der Waals surface area contributed by atoms with E-state index in [1.54, 1.807) is 13.8 Å². The van der Waals surface area contributed by atoms with Crippen molar-refractivity contribution >= 4 is 15.0 Å². The number of allylic oxidation sites excluding steroid dienone is 4. The molecule has 0 aromatic heterocycles. The Kier molecular flexibility index (Phi) is 13.2. The average molecular weight is 420 g/mol. The van der Waals surface area contributed by atoms with Gasteiger partial charge in [0.1, 0.15) is 18.9 Å². The first-order chi connectivity index (χ1) is 12.4. The maximum absolute atomic E-state index is 12.5. The molecule has 27 heavy (non-hydrogen) atoms. The molecule has 0 spiro atoms. The molecule has 2 N–H and O–H groups in total. The highest BCUT2D eigenvalue weighted by Crippen LogP contribution is 2.58. The predicted molar refractivity (Wildman–Crippen MR) is 111 cm³/mol. The van der Waals surface area contributed by atoms with Crippen molar-refractivity contribution in [2.24, 2.45) is 0 Å². The zero-order valence-corrected chi connectivity index (χ0v) is 18.9. The molecule has 0 aliphatic heterocycles. The minimum Gasteiger partial charge on any atom is -0.359 e. The van der Waals surface area contributed by atoms with Crippen molar-refractivity contribution in [2.45, 2.75) is 66.4 Å². The third-order valence-corrected chi connectivity index (χ3v) is 7.82. The normalized spacial score (nSPS) is 14.4. The lowest BCUT2D eigenvalue weighted by Crippen LogP contribution is -2.09. The van der Waals surface area contributed by atoms with Crippen LogP contribution in [0.2, 0.25) is 0 Å². The van der Waals surface area contributed by atoms with Crippen LogP contribution in [0.15, 0.2) is 23.3 Å². The third-order valence-electron chi connectivity index (χ3n) is 3.24. The number of rotatable bonds is 12. The number of hydrogen-bond acceptors (Lipinski definition) is 4.